The first-order chi connectivity index (χ1) is 4.46. The number of rotatable bonds is 2. The third-order valence-corrected chi connectivity index (χ3v) is 0.276. The highest BCUT2D eigenvalue weighted by Crippen LogP contribution is 1.70. The first-order valence-corrected chi connectivity index (χ1v) is 1.61. The highest BCUT2D eigenvalue weighted by Gasteiger charge is 1.88. The van der Waals surface area contributed by atoms with Crippen LogP contribution in [-0.2, 0) is 9.59 Å². The van der Waals surface area contributed by atoms with Gasteiger partial charge in [-0.05, 0) is 0 Å². The fourth-order valence-corrected chi connectivity index (χ4v) is 0.107. The fraction of sp³-hybridized carbons (Fsp3) is 0. The number of carboxylic acids is 2. The van der Waals surface area contributed by atoms with Gasteiger partial charge in [0.1, 0.15) is 0 Å². The van der Waals surface area contributed by atoms with Gasteiger partial charge in [0, 0.05) is 12.1 Å². The molecule has 0 aliphatic heterocycles. The maximum absolute atomic E-state index is 9.82. The Balaban J connectivity index is 4.67. The Morgan fingerprint density at radius 3 is 1.62 bits per heavy atom. The highest BCUT2D eigenvalue weighted by molar-refractivity contribution is 5.89. The van der Waals surface area contributed by atoms with E-state index in [1.54, 1.807) is 0 Å². The summed E-state index contributed by atoms with van der Waals surface area (Å²) in [5.74, 6) is -3.43. The van der Waals surface area contributed by atoms with Gasteiger partial charge < -0.3 is 10.2 Å². The Morgan fingerprint density at radius 2 is 1.50 bits per heavy atom. The molecule has 0 aliphatic rings. The van der Waals surface area contributed by atoms with Crippen LogP contribution in [0.25, 0.3) is 0 Å². The van der Waals surface area contributed by atoms with Gasteiger partial charge in [-0.25, -0.2) is 9.59 Å². The van der Waals surface area contributed by atoms with Crippen molar-refractivity contribution in [3.8, 4) is 0 Å². The molecule has 0 rings (SSSR count). The van der Waals surface area contributed by atoms with Gasteiger partial charge in [0.05, 0.1) is 2.74 Å². The quantitative estimate of drug-likeness (QED) is 0.387. The van der Waals surface area contributed by atoms with E-state index in [1.165, 1.54) is 0 Å². The second-order valence-electron chi connectivity index (χ2n) is 0.860. The van der Waals surface area contributed by atoms with E-state index < -0.39 is 24.0 Å². The van der Waals surface area contributed by atoms with Crippen LogP contribution in [0.3, 0.4) is 0 Å². The normalized spacial score (nSPS) is 15.5. The zero-order valence-electron chi connectivity index (χ0n) is 5.71. The lowest BCUT2D eigenvalue weighted by Gasteiger charge is -1.74. The monoisotopic (exact) mass is 119 g/mol. The molecule has 0 atom stereocenters. The van der Waals surface area contributed by atoms with Gasteiger partial charge in [-0.2, -0.15) is 0 Å². The molecule has 8 heavy (non-hydrogen) atoms. The van der Waals surface area contributed by atoms with Crippen LogP contribution in [0.4, 0.5) is 0 Å². The van der Waals surface area contributed by atoms with Crippen molar-refractivity contribution in [3.05, 3.63) is 12.1 Å². The van der Waals surface area contributed by atoms with Crippen LogP contribution in [0.5, 0.6) is 0 Å². The summed E-state index contributed by atoms with van der Waals surface area (Å²) in [6, 6.07) is -2.43. The molecule has 44 valence electrons. The van der Waals surface area contributed by atoms with Crippen LogP contribution < -0.4 is 0 Å². The minimum Gasteiger partial charge on any atom is -0.478 e. The van der Waals surface area contributed by atoms with Crippen LogP contribution in [0, 0.1) is 0 Å². The third kappa shape index (κ3) is 4.68. The Bertz CT molecular complexity index is 185. The van der Waals surface area contributed by atoms with Crippen molar-refractivity contribution in [2.45, 2.75) is 0 Å². The second kappa shape index (κ2) is 2.79. The molecule has 0 heterocycles. The molecule has 0 unspecified atom stereocenters. The summed E-state index contributed by atoms with van der Waals surface area (Å²) >= 11 is 0. The van der Waals surface area contributed by atoms with E-state index in [0.717, 1.165) is 0 Å². The van der Waals surface area contributed by atoms with Crippen molar-refractivity contribution in [1.82, 2.24) is 0 Å². The molecule has 0 saturated heterocycles. The summed E-state index contributed by atoms with van der Waals surface area (Å²) in [4.78, 5) is 19.6. The molecule has 0 amide bonds. The van der Waals surface area contributed by atoms with Crippen molar-refractivity contribution in [2.24, 2.45) is 0 Å². The standard InChI is InChI=1S/C4H4O4/c5-3(6)1-2-4(7)8/h1-2H,(H,5,6)(H,7,8)/b2-1+/i1D,2D,3+1. The van der Waals surface area contributed by atoms with E-state index in [9.17, 15) is 9.59 Å². The van der Waals surface area contributed by atoms with Gasteiger partial charge in [0.25, 0.3) is 0 Å². The molecular formula is C4H4O4. The topological polar surface area (TPSA) is 74.6 Å². The van der Waals surface area contributed by atoms with E-state index in [2.05, 4.69) is 0 Å². The van der Waals surface area contributed by atoms with Crippen LogP contribution >= 0.6 is 0 Å². The van der Waals surface area contributed by atoms with Crippen LogP contribution in [0.2, 0.25) is 0 Å². The number of hydrogen-bond acceptors (Lipinski definition) is 2. The van der Waals surface area contributed by atoms with Gasteiger partial charge in [0.15, 0.2) is 0 Å². The molecule has 0 bridgehead atoms. The predicted octanol–water partition coefficient (Wildman–Crippen LogP) is -0.288. The summed E-state index contributed by atoms with van der Waals surface area (Å²) in [6.07, 6.45) is 0. The molecule has 2 N–H and O–H groups in total. The maximum Gasteiger partial charge on any atom is 0.328 e. The van der Waals surface area contributed by atoms with Crippen molar-refractivity contribution in [3.63, 3.8) is 0 Å². The molecule has 0 aromatic carbocycles. The fourth-order valence-electron chi connectivity index (χ4n) is 0.107. The zero-order valence-corrected chi connectivity index (χ0v) is 3.71. The second-order valence-corrected chi connectivity index (χ2v) is 0.860. The van der Waals surface area contributed by atoms with Crippen molar-refractivity contribution in [1.29, 1.82) is 0 Å². The molecule has 0 aromatic rings. The minimum absolute atomic E-state index is 1.22. The molecule has 0 aliphatic carbocycles. The molecule has 4 heteroatoms. The molecular weight excluding hydrogens is 113 g/mol. The van der Waals surface area contributed by atoms with E-state index in [4.69, 9.17) is 13.0 Å². The Labute approximate surface area is 47.9 Å². The number of aliphatic carboxylic acids is 2. The van der Waals surface area contributed by atoms with Gasteiger partial charge >= 0.3 is 11.9 Å². The highest BCUT2D eigenvalue weighted by atomic mass is 16.5. The molecule has 0 saturated carbocycles. The van der Waals surface area contributed by atoms with E-state index in [1.807, 2.05) is 0 Å². The molecule has 0 radical (unpaired) electrons. The minimum atomic E-state index is -1.72. The number of carboxylic acid groups (broad SMARTS) is 2. The van der Waals surface area contributed by atoms with Crippen LogP contribution in [0.15, 0.2) is 12.1 Å². The first-order valence-electron chi connectivity index (χ1n) is 2.61. The van der Waals surface area contributed by atoms with Gasteiger partial charge in [-0.1, -0.05) is 0 Å². The summed E-state index contributed by atoms with van der Waals surface area (Å²) in [5, 5.41) is 15.9. The third-order valence-electron chi connectivity index (χ3n) is 0.276. The van der Waals surface area contributed by atoms with Crippen LogP contribution in [-0.4, -0.2) is 22.2 Å². The SMILES string of the molecule is [2H]/C(C(=O)O)=C(/[2H])[13C](=O)O. The Kier molecular flexibility index (Phi) is 1.27. The molecule has 0 fully saturated rings. The van der Waals surface area contributed by atoms with Crippen molar-refractivity contribution in [2.75, 3.05) is 0 Å². The van der Waals surface area contributed by atoms with Crippen LogP contribution in [0.1, 0.15) is 2.74 Å². The average molecular weight is 119 g/mol. The van der Waals surface area contributed by atoms with Gasteiger partial charge in [0.2, 0.25) is 0 Å². The summed E-state index contributed by atoms with van der Waals surface area (Å²) in [6.45, 7) is 0. The summed E-state index contributed by atoms with van der Waals surface area (Å²) in [5.41, 5.74) is 0. The van der Waals surface area contributed by atoms with E-state index >= 15 is 0 Å². The van der Waals surface area contributed by atoms with E-state index in [-0.39, 0.29) is 0 Å². The average Bonchev–Trinajstić information content (AvgIpc) is 1.84. The van der Waals surface area contributed by atoms with Gasteiger partial charge in [-0.15, -0.1) is 0 Å². The molecule has 4 nitrogen and oxygen atoms in total. The summed E-state index contributed by atoms with van der Waals surface area (Å²) < 4.78 is 12.9. The lowest BCUT2D eigenvalue weighted by Crippen LogP contribution is -1.91. The Morgan fingerprint density at radius 1 is 1.25 bits per heavy atom. The van der Waals surface area contributed by atoms with Gasteiger partial charge in [-0.3, -0.25) is 0 Å². The smallest absolute Gasteiger partial charge is 0.328 e. The summed E-state index contributed by atoms with van der Waals surface area (Å²) in [7, 11) is 0. The lowest BCUT2D eigenvalue weighted by molar-refractivity contribution is -0.134. The molecule has 0 spiro atoms. The van der Waals surface area contributed by atoms with E-state index in [0.29, 0.717) is 0 Å². The number of carbonyl (C=O) groups is 2. The first kappa shape index (κ1) is 3.65. The molecule has 0 aromatic heterocycles. The largest absolute Gasteiger partial charge is 0.478 e. The maximum atomic E-state index is 9.82. The zero-order chi connectivity index (χ0) is 8.31. The lowest BCUT2D eigenvalue weighted by atomic mass is 10.6. The van der Waals surface area contributed by atoms with Crippen molar-refractivity contribution < 1.29 is 22.5 Å². The Hall–Kier alpha value is -1.32. The predicted molar refractivity (Wildman–Crippen MR) is 24.4 cm³/mol. The van der Waals surface area contributed by atoms with Crippen molar-refractivity contribution >= 4 is 11.9 Å². The number of hydrogen-bond donors (Lipinski definition) is 2.